The molecule has 0 N–H and O–H groups in total. The van der Waals surface area contributed by atoms with Crippen LogP contribution in [0.5, 0.6) is 0 Å². The van der Waals surface area contributed by atoms with Crippen LogP contribution in [0.25, 0.3) is 0 Å². The van der Waals surface area contributed by atoms with Gasteiger partial charge >= 0.3 is 0 Å². The summed E-state index contributed by atoms with van der Waals surface area (Å²) >= 11 is 0. The Labute approximate surface area is 92.1 Å². The van der Waals surface area contributed by atoms with Gasteiger partial charge in [-0.15, -0.1) is 0 Å². The molecule has 3 aliphatic rings. The van der Waals surface area contributed by atoms with E-state index in [2.05, 4.69) is 52.0 Å². The predicted molar refractivity (Wildman–Crippen MR) is 64.5 cm³/mol. The van der Waals surface area contributed by atoms with Crippen molar-refractivity contribution in [1.29, 1.82) is 0 Å². The van der Waals surface area contributed by atoms with E-state index in [1.807, 2.05) is 0 Å². The average molecular weight is 198 g/mol. The summed E-state index contributed by atoms with van der Waals surface area (Å²) in [6.45, 7) is 9.35. The molecule has 3 rings (SSSR count). The van der Waals surface area contributed by atoms with Crippen LogP contribution in [0.15, 0.2) is 46.6 Å². The second-order valence-electron chi connectivity index (χ2n) is 5.49. The van der Waals surface area contributed by atoms with E-state index in [1.54, 1.807) is 22.3 Å². The van der Waals surface area contributed by atoms with Crippen LogP contribution in [0.4, 0.5) is 0 Å². The Morgan fingerprint density at radius 2 is 1.73 bits per heavy atom. The largest absolute Gasteiger partial charge is 0.0699 e. The maximum absolute atomic E-state index is 2.41. The second kappa shape index (κ2) is 2.37. The molecule has 78 valence electrons. The molecule has 0 saturated heterocycles. The van der Waals surface area contributed by atoms with Gasteiger partial charge in [-0.3, -0.25) is 0 Å². The maximum Gasteiger partial charge on any atom is 0.0355 e. The Morgan fingerprint density at radius 1 is 1.00 bits per heavy atom. The molecule has 0 heterocycles. The molecule has 2 bridgehead atoms. The minimum atomic E-state index is 0.262. The minimum Gasteiger partial charge on any atom is -0.0699 e. The Hall–Kier alpha value is -1.04. The normalized spacial score (nSPS) is 41.9. The quantitative estimate of drug-likeness (QED) is 0.512. The van der Waals surface area contributed by atoms with E-state index in [4.69, 9.17) is 0 Å². The van der Waals surface area contributed by atoms with Gasteiger partial charge in [-0.1, -0.05) is 47.9 Å². The van der Waals surface area contributed by atoms with Gasteiger partial charge in [-0.2, -0.15) is 0 Å². The fourth-order valence-corrected chi connectivity index (χ4v) is 3.83. The molecule has 0 radical (unpaired) electrons. The first-order chi connectivity index (χ1) is 7.02. The lowest BCUT2D eigenvalue weighted by Crippen LogP contribution is -2.18. The van der Waals surface area contributed by atoms with E-state index in [1.165, 1.54) is 6.42 Å². The summed E-state index contributed by atoms with van der Waals surface area (Å²) in [4.78, 5) is 0. The molecule has 1 spiro atoms. The Kier molecular flexibility index (Phi) is 1.46. The van der Waals surface area contributed by atoms with Crippen molar-refractivity contribution >= 4 is 0 Å². The summed E-state index contributed by atoms with van der Waals surface area (Å²) in [7, 11) is 0. The van der Waals surface area contributed by atoms with E-state index < -0.39 is 0 Å². The molecular weight excluding hydrogens is 180 g/mol. The molecule has 0 fully saturated rings. The van der Waals surface area contributed by atoms with Crippen molar-refractivity contribution in [2.24, 2.45) is 10.8 Å². The molecular formula is C15H18. The van der Waals surface area contributed by atoms with Gasteiger partial charge in [-0.25, -0.2) is 0 Å². The van der Waals surface area contributed by atoms with Crippen molar-refractivity contribution in [3.8, 4) is 0 Å². The molecule has 0 saturated carbocycles. The maximum atomic E-state index is 2.41. The summed E-state index contributed by atoms with van der Waals surface area (Å²) in [5.41, 5.74) is 6.94. The lowest BCUT2D eigenvalue weighted by Gasteiger charge is -2.31. The van der Waals surface area contributed by atoms with Crippen LogP contribution in [0.1, 0.15) is 34.1 Å². The highest BCUT2D eigenvalue weighted by Crippen LogP contribution is 2.67. The molecule has 2 atom stereocenters. The van der Waals surface area contributed by atoms with Crippen molar-refractivity contribution in [2.75, 3.05) is 0 Å². The minimum absolute atomic E-state index is 0.262. The number of rotatable bonds is 0. The highest BCUT2D eigenvalue weighted by atomic mass is 14.6. The molecule has 0 nitrogen and oxygen atoms in total. The van der Waals surface area contributed by atoms with Crippen LogP contribution >= 0.6 is 0 Å². The van der Waals surface area contributed by atoms with E-state index in [-0.39, 0.29) is 5.41 Å². The third kappa shape index (κ3) is 0.770. The van der Waals surface area contributed by atoms with Crippen molar-refractivity contribution in [3.05, 3.63) is 46.6 Å². The molecule has 0 amide bonds. The summed E-state index contributed by atoms with van der Waals surface area (Å²) < 4.78 is 0. The Morgan fingerprint density at radius 3 is 2.47 bits per heavy atom. The van der Waals surface area contributed by atoms with Crippen LogP contribution in [-0.4, -0.2) is 0 Å². The smallest absolute Gasteiger partial charge is 0.0355 e. The molecule has 0 aromatic heterocycles. The predicted octanol–water partition coefficient (Wildman–Crippen LogP) is 4.18. The number of hydrogen-bond donors (Lipinski definition) is 0. The van der Waals surface area contributed by atoms with Gasteiger partial charge in [0.15, 0.2) is 0 Å². The summed E-state index contributed by atoms with van der Waals surface area (Å²) in [5, 5.41) is 0. The van der Waals surface area contributed by atoms with E-state index >= 15 is 0 Å². The van der Waals surface area contributed by atoms with Gasteiger partial charge in [0.05, 0.1) is 0 Å². The highest BCUT2D eigenvalue weighted by Gasteiger charge is 2.56. The first-order valence-corrected chi connectivity index (χ1v) is 5.78. The van der Waals surface area contributed by atoms with Crippen LogP contribution in [0.2, 0.25) is 0 Å². The SMILES string of the molecule is CC1=C(C)C23C=CC=CC2=C(C)C1(C)C3. The average Bonchev–Trinajstić information content (AvgIpc) is 2.57. The van der Waals surface area contributed by atoms with Gasteiger partial charge in [-0.05, 0) is 32.8 Å². The van der Waals surface area contributed by atoms with E-state index in [0.717, 1.165) is 0 Å². The standard InChI is InChI=1S/C15H18/c1-10-11(2)15-8-6-5-7-13(15)12(3)14(10,4)9-15/h5-8H,9H2,1-4H3. The molecule has 0 aliphatic heterocycles. The van der Waals surface area contributed by atoms with Crippen molar-refractivity contribution in [3.63, 3.8) is 0 Å². The van der Waals surface area contributed by atoms with Crippen LogP contribution in [0, 0.1) is 10.8 Å². The Bertz CT molecular complexity index is 470. The number of hydrogen-bond acceptors (Lipinski definition) is 0. The first-order valence-electron chi connectivity index (χ1n) is 5.78. The summed E-state index contributed by atoms with van der Waals surface area (Å²) in [6, 6.07) is 0. The topological polar surface area (TPSA) is 0 Å². The molecule has 3 aliphatic carbocycles. The second-order valence-corrected chi connectivity index (χ2v) is 5.49. The molecule has 0 aromatic carbocycles. The van der Waals surface area contributed by atoms with Gasteiger partial charge in [0.1, 0.15) is 0 Å². The highest BCUT2D eigenvalue weighted by molar-refractivity contribution is 5.62. The van der Waals surface area contributed by atoms with Gasteiger partial charge < -0.3 is 0 Å². The summed E-state index contributed by atoms with van der Waals surface area (Å²) in [6.07, 6.45) is 10.4. The van der Waals surface area contributed by atoms with Gasteiger partial charge in [0.25, 0.3) is 0 Å². The number of fused-ring (bicyclic) bond motifs is 1. The van der Waals surface area contributed by atoms with Crippen molar-refractivity contribution < 1.29 is 0 Å². The molecule has 0 aromatic rings. The van der Waals surface area contributed by atoms with E-state index in [0.29, 0.717) is 5.41 Å². The van der Waals surface area contributed by atoms with Gasteiger partial charge in [0, 0.05) is 10.8 Å². The lowest BCUT2D eigenvalue weighted by atomic mass is 9.72. The van der Waals surface area contributed by atoms with Crippen molar-refractivity contribution in [1.82, 2.24) is 0 Å². The lowest BCUT2D eigenvalue weighted by molar-refractivity contribution is 0.438. The molecule has 15 heavy (non-hydrogen) atoms. The third-order valence-corrected chi connectivity index (χ3v) is 5.16. The number of allylic oxidation sites excluding steroid dienone is 8. The van der Waals surface area contributed by atoms with Crippen LogP contribution in [-0.2, 0) is 0 Å². The van der Waals surface area contributed by atoms with Crippen LogP contribution < -0.4 is 0 Å². The van der Waals surface area contributed by atoms with Crippen LogP contribution in [0.3, 0.4) is 0 Å². The third-order valence-electron chi connectivity index (χ3n) is 5.16. The Balaban J connectivity index is 2.34. The van der Waals surface area contributed by atoms with Crippen molar-refractivity contribution in [2.45, 2.75) is 34.1 Å². The molecule has 2 unspecified atom stereocenters. The zero-order valence-electron chi connectivity index (χ0n) is 10.0. The zero-order chi connectivity index (χ0) is 10.8. The fourth-order valence-electron chi connectivity index (χ4n) is 3.83. The fraction of sp³-hybridized carbons (Fsp3) is 0.467. The zero-order valence-corrected chi connectivity index (χ0v) is 10.0. The summed E-state index contributed by atoms with van der Waals surface area (Å²) in [5.74, 6) is 0. The van der Waals surface area contributed by atoms with Gasteiger partial charge in [0.2, 0.25) is 0 Å². The monoisotopic (exact) mass is 198 g/mol. The van der Waals surface area contributed by atoms with E-state index in [9.17, 15) is 0 Å². The first kappa shape index (κ1) is 9.21. The molecule has 0 heteroatoms.